The molecule has 0 fully saturated rings. The molecule has 0 saturated heterocycles. The molecule has 3 rings (SSSR count). The van der Waals surface area contributed by atoms with Crippen LogP contribution in [0.5, 0.6) is 0 Å². The van der Waals surface area contributed by atoms with E-state index in [9.17, 15) is 0 Å². The number of aromatic nitrogens is 6. The molecule has 0 unspecified atom stereocenters. The van der Waals surface area contributed by atoms with Gasteiger partial charge in [0.2, 0.25) is 5.82 Å². The van der Waals surface area contributed by atoms with Gasteiger partial charge in [0.1, 0.15) is 11.6 Å². The number of aromatic amines is 1. The minimum atomic E-state index is 0.248. The van der Waals surface area contributed by atoms with Crippen LogP contribution in [0.15, 0.2) is 47.3 Å². The molecule has 23 heavy (non-hydrogen) atoms. The van der Waals surface area contributed by atoms with Crippen LogP contribution in [0.1, 0.15) is 11.4 Å². The number of allylic oxidation sites excluding steroid dienone is 1. The Morgan fingerprint density at radius 1 is 1.48 bits per heavy atom. The SMILES string of the molecule is N#CC(=CNc1cccc(Cn2cc(Br)cn2)c1)c1nn[nH]n1. The molecule has 0 aliphatic heterocycles. The van der Waals surface area contributed by atoms with E-state index >= 15 is 0 Å². The average molecular weight is 371 g/mol. The van der Waals surface area contributed by atoms with Crippen molar-refractivity contribution < 1.29 is 0 Å². The molecule has 0 aliphatic carbocycles. The first-order chi connectivity index (χ1) is 11.2. The molecule has 2 N–H and O–H groups in total. The lowest BCUT2D eigenvalue weighted by Crippen LogP contribution is -2.00. The Balaban J connectivity index is 1.74. The Morgan fingerprint density at radius 2 is 2.39 bits per heavy atom. The summed E-state index contributed by atoms with van der Waals surface area (Å²) in [5, 5.41) is 29.8. The van der Waals surface area contributed by atoms with Crippen molar-refractivity contribution in [2.75, 3.05) is 5.32 Å². The maximum absolute atomic E-state index is 9.13. The van der Waals surface area contributed by atoms with Gasteiger partial charge in [-0.15, -0.1) is 10.2 Å². The predicted octanol–water partition coefficient (Wildman–Crippen LogP) is 2.18. The van der Waals surface area contributed by atoms with Crippen LogP contribution in [-0.4, -0.2) is 30.4 Å². The van der Waals surface area contributed by atoms with E-state index in [4.69, 9.17) is 5.26 Å². The molecule has 114 valence electrons. The number of hydrogen-bond acceptors (Lipinski definition) is 6. The molecule has 0 radical (unpaired) electrons. The fraction of sp³-hybridized carbons (Fsp3) is 0.0714. The Labute approximate surface area is 140 Å². The molecule has 2 heterocycles. The van der Waals surface area contributed by atoms with Crippen molar-refractivity contribution in [2.24, 2.45) is 0 Å². The second kappa shape index (κ2) is 6.85. The smallest absolute Gasteiger partial charge is 0.216 e. The Hall–Kier alpha value is -2.99. The van der Waals surface area contributed by atoms with E-state index in [-0.39, 0.29) is 5.82 Å². The van der Waals surface area contributed by atoms with Gasteiger partial charge in [0.25, 0.3) is 0 Å². The van der Waals surface area contributed by atoms with Gasteiger partial charge in [-0.05, 0) is 38.8 Å². The van der Waals surface area contributed by atoms with Crippen LogP contribution in [0.25, 0.3) is 5.57 Å². The lowest BCUT2D eigenvalue weighted by molar-refractivity contribution is 0.687. The van der Waals surface area contributed by atoms with Crippen molar-refractivity contribution in [1.82, 2.24) is 30.4 Å². The normalized spacial score (nSPS) is 11.2. The number of H-pyrrole nitrogens is 1. The summed E-state index contributed by atoms with van der Waals surface area (Å²) in [5.41, 5.74) is 2.22. The lowest BCUT2D eigenvalue weighted by Gasteiger charge is -2.06. The summed E-state index contributed by atoms with van der Waals surface area (Å²) in [6.07, 6.45) is 5.20. The monoisotopic (exact) mass is 370 g/mol. The lowest BCUT2D eigenvalue weighted by atomic mass is 10.2. The van der Waals surface area contributed by atoms with E-state index in [1.54, 1.807) is 12.4 Å². The highest BCUT2D eigenvalue weighted by Gasteiger charge is 2.05. The van der Waals surface area contributed by atoms with Gasteiger partial charge in [-0.1, -0.05) is 12.1 Å². The highest BCUT2D eigenvalue weighted by Crippen LogP contribution is 2.15. The number of tetrazole rings is 1. The summed E-state index contributed by atoms with van der Waals surface area (Å²) in [6.45, 7) is 0.654. The van der Waals surface area contributed by atoms with Crippen molar-refractivity contribution >= 4 is 27.2 Å². The molecule has 0 atom stereocenters. The molecule has 8 nitrogen and oxygen atoms in total. The van der Waals surface area contributed by atoms with Gasteiger partial charge in [0.05, 0.1) is 17.2 Å². The van der Waals surface area contributed by atoms with Gasteiger partial charge < -0.3 is 5.32 Å². The molecule has 2 aromatic heterocycles. The summed E-state index contributed by atoms with van der Waals surface area (Å²) in [7, 11) is 0. The molecule has 3 aromatic rings. The second-order valence-corrected chi connectivity index (χ2v) is 5.52. The van der Waals surface area contributed by atoms with Gasteiger partial charge in [-0.3, -0.25) is 4.68 Å². The Kier molecular flexibility index (Phi) is 4.44. The van der Waals surface area contributed by atoms with E-state index in [1.165, 1.54) is 0 Å². The van der Waals surface area contributed by atoms with Gasteiger partial charge >= 0.3 is 0 Å². The molecule has 0 bridgehead atoms. The standard InChI is InChI=1S/C14H11BrN8/c15-12-7-18-23(9-12)8-10-2-1-3-13(4-10)17-6-11(5-16)14-19-21-22-20-14/h1-4,6-7,9,17H,8H2,(H,19,20,21,22). The molecule has 1 aromatic carbocycles. The van der Waals surface area contributed by atoms with E-state index in [0.717, 1.165) is 15.7 Å². The summed E-state index contributed by atoms with van der Waals surface area (Å²) >= 11 is 3.37. The molecular weight excluding hydrogens is 360 g/mol. The highest BCUT2D eigenvalue weighted by molar-refractivity contribution is 9.10. The number of hydrogen-bond donors (Lipinski definition) is 2. The number of benzene rings is 1. The number of nitrogens with zero attached hydrogens (tertiary/aromatic N) is 6. The third-order valence-electron chi connectivity index (χ3n) is 2.96. The molecular formula is C14H11BrN8. The summed E-state index contributed by atoms with van der Waals surface area (Å²) in [5.74, 6) is 0.248. The topological polar surface area (TPSA) is 108 Å². The van der Waals surface area contributed by atoms with Crippen molar-refractivity contribution in [3.8, 4) is 6.07 Å². The number of rotatable bonds is 5. The van der Waals surface area contributed by atoms with Gasteiger partial charge in [-0.2, -0.15) is 15.6 Å². The van der Waals surface area contributed by atoms with Gasteiger partial charge in [0.15, 0.2) is 0 Å². The number of anilines is 1. The molecule has 0 amide bonds. The van der Waals surface area contributed by atoms with E-state index < -0.39 is 0 Å². The maximum Gasteiger partial charge on any atom is 0.216 e. The van der Waals surface area contributed by atoms with Crippen LogP contribution >= 0.6 is 15.9 Å². The third kappa shape index (κ3) is 3.81. The molecule has 0 spiro atoms. The molecule has 0 aliphatic rings. The summed E-state index contributed by atoms with van der Waals surface area (Å²) in [6, 6.07) is 9.86. The molecule has 9 heteroatoms. The van der Waals surface area contributed by atoms with Gasteiger partial charge in [0, 0.05) is 18.1 Å². The average Bonchev–Trinajstić information content (AvgIpc) is 3.21. The zero-order valence-electron chi connectivity index (χ0n) is 11.8. The first kappa shape index (κ1) is 14.9. The summed E-state index contributed by atoms with van der Waals surface area (Å²) in [4.78, 5) is 0. The van der Waals surface area contributed by atoms with E-state index in [0.29, 0.717) is 12.1 Å². The minimum absolute atomic E-state index is 0.248. The minimum Gasteiger partial charge on any atom is -0.360 e. The van der Waals surface area contributed by atoms with Crippen LogP contribution < -0.4 is 5.32 Å². The number of nitrogens with one attached hydrogen (secondary N) is 2. The Morgan fingerprint density at radius 3 is 3.09 bits per heavy atom. The van der Waals surface area contributed by atoms with Crippen LogP contribution in [0.2, 0.25) is 0 Å². The van der Waals surface area contributed by atoms with Crippen LogP contribution in [0.4, 0.5) is 5.69 Å². The van der Waals surface area contributed by atoms with Crippen LogP contribution in [0, 0.1) is 11.3 Å². The molecule has 0 saturated carbocycles. The third-order valence-corrected chi connectivity index (χ3v) is 3.37. The number of nitriles is 1. The fourth-order valence-electron chi connectivity index (χ4n) is 1.95. The largest absolute Gasteiger partial charge is 0.360 e. The van der Waals surface area contributed by atoms with Crippen molar-refractivity contribution in [3.63, 3.8) is 0 Å². The number of halogens is 1. The first-order valence-corrected chi connectivity index (χ1v) is 7.41. The van der Waals surface area contributed by atoms with Crippen LogP contribution in [0.3, 0.4) is 0 Å². The van der Waals surface area contributed by atoms with E-state index in [2.05, 4.69) is 47.0 Å². The van der Waals surface area contributed by atoms with Crippen molar-refractivity contribution in [3.05, 3.63) is 58.7 Å². The predicted molar refractivity (Wildman–Crippen MR) is 86.9 cm³/mol. The summed E-state index contributed by atoms with van der Waals surface area (Å²) < 4.78 is 2.77. The zero-order valence-corrected chi connectivity index (χ0v) is 13.4. The van der Waals surface area contributed by atoms with Gasteiger partial charge in [-0.25, -0.2) is 0 Å². The fourth-order valence-corrected chi connectivity index (χ4v) is 2.28. The van der Waals surface area contributed by atoms with Crippen LogP contribution in [-0.2, 0) is 6.54 Å². The maximum atomic E-state index is 9.13. The van der Waals surface area contributed by atoms with Crippen molar-refractivity contribution in [2.45, 2.75) is 6.54 Å². The Bertz CT molecular complexity index is 859. The van der Waals surface area contributed by atoms with Crippen molar-refractivity contribution in [1.29, 1.82) is 5.26 Å². The second-order valence-electron chi connectivity index (χ2n) is 4.61. The van der Waals surface area contributed by atoms with E-state index in [1.807, 2.05) is 41.2 Å². The quantitative estimate of drug-likeness (QED) is 0.666. The zero-order chi connectivity index (χ0) is 16.1. The highest BCUT2D eigenvalue weighted by atomic mass is 79.9. The first-order valence-electron chi connectivity index (χ1n) is 6.62.